The van der Waals surface area contributed by atoms with E-state index in [1.165, 1.54) is 11.0 Å². The van der Waals surface area contributed by atoms with Crippen LogP contribution < -0.4 is 10.6 Å². The molecule has 3 aliphatic heterocycles. The van der Waals surface area contributed by atoms with Crippen LogP contribution in [0.4, 0.5) is 10.5 Å². The number of imide groups is 2. The molecule has 3 aliphatic rings. The van der Waals surface area contributed by atoms with Crippen molar-refractivity contribution in [2.75, 3.05) is 31.6 Å². The number of carbonyl (C=O) groups is 5. The Morgan fingerprint density at radius 3 is 2.65 bits per heavy atom. The molecule has 31 heavy (non-hydrogen) atoms. The van der Waals surface area contributed by atoms with Crippen LogP contribution in [0.15, 0.2) is 18.2 Å². The number of ether oxygens (including phenoxy) is 2. The summed E-state index contributed by atoms with van der Waals surface area (Å²) in [7, 11) is 0. The number of rotatable bonds is 4. The molecule has 0 radical (unpaired) electrons. The topological polar surface area (TPSA) is 134 Å². The van der Waals surface area contributed by atoms with Crippen LogP contribution in [-0.2, 0) is 19.1 Å². The zero-order chi connectivity index (χ0) is 22.1. The molecule has 1 aromatic rings. The summed E-state index contributed by atoms with van der Waals surface area (Å²) in [6.07, 6.45) is -1.17. The van der Waals surface area contributed by atoms with E-state index in [0.29, 0.717) is 32.0 Å². The molecule has 1 unspecified atom stereocenters. The van der Waals surface area contributed by atoms with Crippen molar-refractivity contribution in [3.05, 3.63) is 29.3 Å². The predicted molar refractivity (Wildman–Crippen MR) is 105 cm³/mol. The van der Waals surface area contributed by atoms with E-state index in [0.717, 1.165) is 4.90 Å². The summed E-state index contributed by atoms with van der Waals surface area (Å²) in [4.78, 5) is 64.2. The lowest BCUT2D eigenvalue weighted by Crippen LogP contribution is -2.54. The van der Waals surface area contributed by atoms with Gasteiger partial charge in [-0.05, 0) is 25.5 Å². The fourth-order valence-electron chi connectivity index (χ4n) is 3.86. The molecule has 0 bridgehead atoms. The van der Waals surface area contributed by atoms with E-state index >= 15 is 0 Å². The zero-order valence-electron chi connectivity index (χ0n) is 16.9. The van der Waals surface area contributed by atoms with Crippen molar-refractivity contribution in [1.29, 1.82) is 0 Å². The average Bonchev–Trinajstić information content (AvgIpc) is 3.00. The molecule has 164 valence electrons. The zero-order valence-corrected chi connectivity index (χ0v) is 16.9. The first-order valence-electron chi connectivity index (χ1n) is 10.0. The highest BCUT2D eigenvalue weighted by atomic mass is 16.6. The summed E-state index contributed by atoms with van der Waals surface area (Å²) in [5.74, 6) is -2.34. The average molecular weight is 430 g/mol. The van der Waals surface area contributed by atoms with Gasteiger partial charge in [0.05, 0.1) is 30.0 Å². The number of piperidine rings is 1. The minimum absolute atomic E-state index is 0.0451. The summed E-state index contributed by atoms with van der Waals surface area (Å²) in [6, 6.07) is 3.64. The van der Waals surface area contributed by atoms with E-state index < -0.39 is 42.0 Å². The Labute approximate surface area is 177 Å². The predicted octanol–water partition coefficient (Wildman–Crippen LogP) is 0.315. The van der Waals surface area contributed by atoms with Crippen molar-refractivity contribution in [3.8, 4) is 0 Å². The first-order chi connectivity index (χ1) is 14.9. The monoisotopic (exact) mass is 430 g/mol. The van der Waals surface area contributed by atoms with E-state index in [2.05, 4.69) is 10.6 Å². The van der Waals surface area contributed by atoms with Gasteiger partial charge in [0, 0.05) is 19.5 Å². The lowest BCUT2D eigenvalue weighted by molar-refractivity contribution is -0.136. The van der Waals surface area contributed by atoms with Gasteiger partial charge in [0.2, 0.25) is 11.8 Å². The molecule has 0 aromatic heterocycles. The van der Waals surface area contributed by atoms with E-state index in [4.69, 9.17) is 9.47 Å². The summed E-state index contributed by atoms with van der Waals surface area (Å²) < 4.78 is 10.6. The van der Waals surface area contributed by atoms with Gasteiger partial charge < -0.3 is 19.7 Å². The highest BCUT2D eigenvalue weighted by molar-refractivity contribution is 6.25. The maximum Gasteiger partial charge on any atom is 0.411 e. The highest BCUT2D eigenvalue weighted by Crippen LogP contribution is 2.32. The molecule has 1 aromatic carbocycles. The van der Waals surface area contributed by atoms with Crippen molar-refractivity contribution in [1.82, 2.24) is 15.1 Å². The molecule has 2 N–H and O–H groups in total. The van der Waals surface area contributed by atoms with Crippen LogP contribution in [-0.4, -0.2) is 78.1 Å². The molecule has 4 rings (SSSR count). The molecule has 2 fully saturated rings. The number of fused-ring (bicyclic) bond motifs is 1. The largest absolute Gasteiger partial charge is 0.426 e. The smallest absolute Gasteiger partial charge is 0.411 e. The molecule has 0 aliphatic carbocycles. The second-order valence-electron chi connectivity index (χ2n) is 7.45. The van der Waals surface area contributed by atoms with Crippen LogP contribution in [0.5, 0.6) is 0 Å². The third kappa shape index (κ3) is 3.96. The molecule has 5 amide bonds. The number of morpholine rings is 1. The van der Waals surface area contributed by atoms with Gasteiger partial charge in [-0.1, -0.05) is 6.07 Å². The number of hydrogen-bond donors (Lipinski definition) is 2. The standard InChI is InChI=1S/C20H22N4O7/c1-11(31-20(29)23-7-9-30-10-8-23)21-13-4-2-3-12-16(13)19(28)24(18(12)27)14-5-6-15(25)22-17(14)26/h2-4,11,14,21H,5-10H2,1H3,(H,22,25,26)/t11-,14?/m0/s1. The maximum absolute atomic E-state index is 13.1. The number of carbonyl (C=O) groups excluding carboxylic acids is 5. The first kappa shape index (κ1) is 20.8. The Hall–Kier alpha value is -3.47. The van der Waals surface area contributed by atoms with Crippen LogP contribution in [0.25, 0.3) is 0 Å². The SMILES string of the molecule is C[C@@H](Nc1cccc2c1C(=O)N(C1CCC(=O)NC1=O)C2=O)OC(=O)N1CCOCC1. The second-order valence-corrected chi connectivity index (χ2v) is 7.45. The molecule has 11 nitrogen and oxygen atoms in total. The maximum atomic E-state index is 13.1. The van der Waals surface area contributed by atoms with Crippen molar-refractivity contribution >= 4 is 35.4 Å². The van der Waals surface area contributed by atoms with Crippen LogP contribution >= 0.6 is 0 Å². The third-order valence-corrected chi connectivity index (χ3v) is 5.37. The Kier molecular flexibility index (Phi) is 5.59. The number of nitrogens with zero attached hydrogens (tertiary/aromatic N) is 2. The highest BCUT2D eigenvalue weighted by Gasteiger charge is 2.45. The molecular formula is C20H22N4O7. The van der Waals surface area contributed by atoms with E-state index in [9.17, 15) is 24.0 Å². The molecule has 11 heteroatoms. The Balaban J connectivity index is 1.50. The van der Waals surface area contributed by atoms with Gasteiger partial charge in [-0.25, -0.2) is 4.79 Å². The lowest BCUT2D eigenvalue weighted by Gasteiger charge is -2.28. The van der Waals surface area contributed by atoms with Gasteiger partial charge >= 0.3 is 6.09 Å². The van der Waals surface area contributed by atoms with Crippen molar-refractivity contribution in [2.45, 2.75) is 32.0 Å². The quantitative estimate of drug-likeness (QED) is 0.515. The normalized spacial score (nSPS) is 22.2. The number of anilines is 1. The summed E-state index contributed by atoms with van der Waals surface area (Å²) in [6.45, 7) is 3.35. The molecule has 3 heterocycles. The minimum atomic E-state index is -1.05. The van der Waals surface area contributed by atoms with Crippen molar-refractivity contribution < 1.29 is 33.4 Å². The fourth-order valence-corrected chi connectivity index (χ4v) is 3.86. The molecule has 2 atom stereocenters. The summed E-state index contributed by atoms with van der Waals surface area (Å²) in [5, 5.41) is 5.11. The Bertz CT molecular complexity index is 957. The van der Waals surface area contributed by atoms with Gasteiger partial charge in [-0.2, -0.15) is 0 Å². The van der Waals surface area contributed by atoms with Crippen LogP contribution in [0.2, 0.25) is 0 Å². The molecule has 0 saturated carbocycles. The number of benzene rings is 1. The Morgan fingerprint density at radius 1 is 1.19 bits per heavy atom. The number of amides is 5. The third-order valence-electron chi connectivity index (χ3n) is 5.37. The van der Waals surface area contributed by atoms with Gasteiger partial charge in [0.25, 0.3) is 11.8 Å². The first-order valence-corrected chi connectivity index (χ1v) is 10.0. The summed E-state index contributed by atoms with van der Waals surface area (Å²) in [5.41, 5.74) is 0.561. The number of nitrogens with one attached hydrogen (secondary N) is 2. The van der Waals surface area contributed by atoms with Crippen molar-refractivity contribution in [2.24, 2.45) is 0 Å². The summed E-state index contributed by atoms with van der Waals surface area (Å²) >= 11 is 0. The minimum Gasteiger partial charge on any atom is -0.426 e. The van der Waals surface area contributed by atoms with Gasteiger partial charge in [0.15, 0.2) is 6.23 Å². The second kappa shape index (κ2) is 8.34. The van der Waals surface area contributed by atoms with Crippen LogP contribution in [0.1, 0.15) is 40.5 Å². The fraction of sp³-hybridized carbons (Fsp3) is 0.450. The van der Waals surface area contributed by atoms with E-state index in [1.807, 2.05) is 0 Å². The van der Waals surface area contributed by atoms with Crippen molar-refractivity contribution in [3.63, 3.8) is 0 Å². The van der Waals surface area contributed by atoms with Crippen LogP contribution in [0.3, 0.4) is 0 Å². The lowest BCUT2D eigenvalue weighted by atomic mass is 10.0. The van der Waals surface area contributed by atoms with Gasteiger partial charge in [-0.15, -0.1) is 0 Å². The van der Waals surface area contributed by atoms with E-state index in [-0.39, 0.29) is 24.0 Å². The molecular weight excluding hydrogens is 408 g/mol. The van der Waals surface area contributed by atoms with Crippen LogP contribution in [0, 0.1) is 0 Å². The number of hydrogen-bond acceptors (Lipinski definition) is 8. The van der Waals surface area contributed by atoms with E-state index in [1.54, 1.807) is 19.1 Å². The Morgan fingerprint density at radius 2 is 1.94 bits per heavy atom. The molecule has 0 spiro atoms. The molecule has 2 saturated heterocycles. The van der Waals surface area contributed by atoms with Gasteiger partial charge in [-0.3, -0.25) is 29.4 Å². The van der Waals surface area contributed by atoms with Gasteiger partial charge in [0.1, 0.15) is 6.04 Å².